The molecule has 0 saturated heterocycles. The van der Waals surface area contributed by atoms with Crippen molar-refractivity contribution in [3.63, 3.8) is 0 Å². The number of aryl methyl sites for hydroxylation is 3. The van der Waals surface area contributed by atoms with Crippen molar-refractivity contribution in [3.8, 4) is 0 Å². The van der Waals surface area contributed by atoms with E-state index in [4.69, 9.17) is 0 Å². The first kappa shape index (κ1) is 18.7. The average molecular weight is 338 g/mol. The zero-order valence-electron chi connectivity index (χ0n) is 15.8. The van der Waals surface area contributed by atoms with Crippen LogP contribution in [0.5, 0.6) is 0 Å². The van der Waals surface area contributed by atoms with Crippen molar-refractivity contribution in [2.24, 2.45) is 5.41 Å². The van der Waals surface area contributed by atoms with E-state index < -0.39 is 5.41 Å². The summed E-state index contributed by atoms with van der Waals surface area (Å²) in [5.41, 5.74) is 4.38. The van der Waals surface area contributed by atoms with Crippen LogP contribution < -0.4 is 10.6 Å². The first-order valence-electron chi connectivity index (χ1n) is 8.39. The highest BCUT2D eigenvalue weighted by atomic mass is 16.2. The first-order chi connectivity index (χ1) is 11.6. The maximum Gasteiger partial charge on any atom is 0.239 e. The van der Waals surface area contributed by atoms with Crippen LogP contribution in [-0.4, -0.2) is 11.8 Å². The summed E-state index contributed by atoms with van der Waals surface area (Å²) in [6.45, 7) is 11.1. The summed E-state index contributed by atoms with van der Waals surface area (Å²) >= 11 is 0. The molecule has 0 unspecified atom stereocenters. The van der Waals surface area contributed by atoms with Gasteiger partial charge < -0.3 is 10.6 Å². The van der Waals surface area contributed by atoms with Crippen LogP contribution in [-0.2, 0) is 9.59 Å². The van der Waals surface area contributed by atoms with Crippen LogP contribution in [0.25, 0.3) is 0 Å². The monoisotopic (exact) mass is 338 g/mol. The van der Waals surface area contributed by atoms with Crippen molar-refractivity contribution in [3.05, 3.63) is 58.7 Å². The second-order valence-corrected chi connectivity index (χ2v) is 7.10. The number of hydrogen-bond acceptors (Lipinski definition) is 2. The van der Waals surface area contributed by atoms with Crippen LogP contribution >= 0.6 is 0 Å². The van der Waals surface area contributed by atoms with Gasteiger partial charge in [-0.3, -0.25) is 9.59 Å². The highest BCUT2D eigenvalue weighted by Crippen LogP contribution is 2.25. The Kier molecular flexibility index (Phi) is 5.31. The Bertz CT molecular complexity index is 805. The summed E-state index contributed by atoms with van der Waals surface area (Å²) in [5, 5.41) is 5.77. The molecule has 0 saturated carbocycles. The van der Waals surface area contributed by atoms with Gasteiger partial charge >= 0.3 is 0 Å². The molecule has 2 amide bonds. The fourth-order valence-electron chi connectivity index (χ4n) is 2.42. The summed E-state index contributed by atoms with van der Waals surface area (Å²) in [7, 11) is 0. The van der Waals surface area contributed by atoms with Gasteiger partial charge in [-0.1, -0.05) is 24.3 Å². The number of anilines is 2. The number of benzene rings is 2. The molecule has 2 aromatic carbocycles. The van der Waals surface area contributed by atoms with E-state index in [0.29, 0.717) is 0 Å². The lowest BCUT2D eigenvalue weighted by Gasteiger charge is -2.24. The van der Waals surface area contributed by atoms with Crippen molar-refractivity contribution in [2.75, 3.05) is 10.6 Å². The quantitative estimate of drug-likeness (QED) is 0.805. The minimum atomic E-state index is -1.20. The largest absolute Gasteiger partial charge is 0.325 e. The molecular formula is C21H26N2O2. The number of carbonyl (C=O) groups is 2. The van der Waals surface area contributed by atoms with Crippen molar-refractivity contribution < 1.29 is 9.59 Å². The van der Waals surface area contributed by atoms with Crippen LogP contribution in [0.15, 0.2) is 36.4 Å². The number of rotatable bonds is 4. The SMILES string of the molecule is Cc1ccc(C)c(NC(=O)C(C)(C)C(=O)Nc2cccc(C)c2C)c1. The third-order valence-electron chi connectivity index (χ3n) is 4.63. The van der Waals surface area contributed by atoms with Gasteiger partial charge in [0.05, 0.1) is 0 Å². The molecule has 0 bridgehead atoms. The minimum Gasteiger partial charge on any atom is -0.325 e. The van der Waals surface area contributed by atoms with E-state index in [1.165, 1.54) is 0 Å². The maximum absolute atomic E-state index is 12.7. The van der Waals surface area contributed by atoms with Gasteiger partial charge in [0.25, 0.3) is 0 Å². The van der Waals surface area contributed by atoms with Crippen molar-refractivity contribution in [1.82, 2.24) is 0 Å². The van der Waals surface area contributed by atoms with Crippen molar-refractivity contribution in [1.29, 1.82) is 0 Å². The number of nitrogens with one attached hydrogen (secondary N) is 2. The van der Waals surface area contributed by atoms with Crippen LogP contribution in [0.4, 0.5) is 11.4 Å². The molecule has 0 aliphatic rings. The van der Waals surface area contributed by atoms with E-state index in [-0.39, 0.29) is 11.8 Å². The first-order valence-corrected chi connectivity index (χ1v) is 8.39. The Balaban J connectivity index is 2.18. The van der Waals surface area contributed by atoms with Crippen LogP contribution in [0.3, 0.4) is 0 Å². The summed E-state index contributed by atoms with van der Waals surface area (Å²) in [6, 6.07) is 11.6. The van der Waals surface area contributed by atoms with Crippen LogP contribution in [0.1, 0.15) is 36.1 Å². The second kappa shape index (κ2) is 7.09. The van der Waals surface area contributed by atoms with Crippen LogP contribution in [0.2, 0.25) is 0 Å². The normalized spacial score (nSPS) is 11.1. The molecule has 0 spiro atoms. The zero-order valence-corrected chi connectivity index (χ0v) is 15.8. The fraction of sp³-hybridized carbons (Fsp3) is 0.333. The smallest absolute Gasteiger partial charge is 0.239 e. The predicted molar refractivity (Wildman–Crippen MR) is 103 cm³/mol. The van der Waals surface area contributed by atoms with E-state index in [9.17, 15) is 9.59 Å². The molecule has 0 aliphatic heterocycles. The number of hydrogen-bond donors (Lipinski definition) is 2. The average Bonchev–Trinajstić information content (AvgIpc) is 2.55. The lowest BCUT2D eigenvalue weighted by molar-refractivity contribution is -0.135. The van der Waals surface area contributed by atoms with E-state index in [0.717, 1.165) is 33.6 Å². The molecule has 0 heterocycles. The number of carbonyl (C=O) groups excluding carboxylic acids is 2. The zero-order chi connectivity index (χ0) is 18.8. The van der Waals surface area contributed by atoms with E-state index in [1.54, 1.807) is 13.8 Å². The predicted octanol–water partition coefficient (Wildman–Crippen LogP) is 4.52. The highest BCUT2D eigenvalue weighted by molar-refractivity contribution is 6.14. The van der Waals surface area contributed by atoms with Gasteiger partial charge in [0.1, 0.15) is 5.41 Å². The Morgan fingerprint density at radius 1 is 0.800 bits per heavy atom. The Labute approximate surface area is 149 Å². The Morgan fingerprint density at radius 3 is 2.04 bits per heavy atom. The molecule has 2 rings (SSSR count). The molecule has 0 fully saturated rings. The summed E-state index contributed by atoms with van der Waals surface area (Å²) in [4.78, 5) is 25.4. The maximum atomic E-state index is 12.7. The summed E-state index contributed by atoms with van der Waals surface area (Å²) in [5.74, 6) is -0.659. The van der Waals surface area contributed by atoms with Crippen LogP contribution in [0, 0.1) is 33.1 Å². The number of amides is 2. The van der Waals surface area contributed by atoms with E-state index >= 15 is 0 Å². The molecule has 132 valence electrons. The molecule has 0 aromatic heterocycles. The topological polar surface area (TPSA) is 58.2 Å². The molecule has 0 aliphatic carbocycles. The van der Waals surface area contributed by atoms with Crippen molar-refractivity contribution in [2.45, 2.75) is 41.5 Å². The summed E-state index contributed by atoms with van der Waals surface area (Å²) in [6.07, 6.45) is 0. The minimum absolute atomic E-state index is 0.330. The summed E-state index contributed by atoms with van der Waals surface area (Å²) < 4.78 is 0. The van der Waals surface area contributed by atoms with Gasteiger partial charge in [-0.15, -0.1) is 0 Å². The molecule has 2 aromatic rings. The van der Waals surface area contributed by atoms with Gasteiger partial charge in [-0.25, -0.2) is 0 Å². The van der Waals surface area contributed by atoms with Gasteiger partial charge in [0.15, 0.2) is 0 Å². The van der Waals surface area contributed by atoms with Gasteiger partial charge in [-0.2, -0.15) is 0 Å². The molecule has 4 heteroatoms. The van der Waals surface area contributed by atoms with E-state index in [1.807, 2.05) is 64.1 Å². The highest BCUT2D eigenvalue weighted by Gasteiger charge is 2.36. The third kappa shape index (κ3) is 4.08. The molecule has 0 atom stereocenters. The Hall–Kier alpha value is -2.62. The van der Waals surface area contributed by atoms with Crippen molar-refractivity contribution >= 4 is 23.2 Å². The molecule has 2 N–H and O–H groups in total. The Morgan fingerprint density at radius 2 is 1.40 bits per heavy atom. The molecule has 25 heavy (non-hydrogen) atoms. The van der Waals surface area contributed by atoms with E-state index in [2.05, 4.69) is 10.6 Å². The standard InChI is InChI=1S/C21H26N2O2/c1-13-10-11-15(3)18(12-13)23-20(25)21(5,6)19(24)22-17-9-7-8-14(2)16(17)4/h7-12H,1-6H3,(H,22,24)(H,23,25). The molecule has 0 radical (unpaired) electrons. The van der Waals surface area contributed by atoms with Gasteiger partial charge in [0, 0.05) is 11.4 Å². The van der Waals surface area contributed by atoms with Gasteiger partial charge in [-0.05, 0) is 75.9 Å². The molecular weight excluding hydrogens is 312 g/mol. The third-order valence-corrected chi connectivity index (χ3v) is 4.63. The van der Waals surface area contributed by atoms with Gasteiger partial charge in [0.2, 0.25) is 11.8 Å². The molecule has 4 nitrogen and oxygen atoms in total. The fourth-order valence-corrected chi connectivity index (χ4v) is 2.42. The lowest BCUT2D eigenvalue weighted by Crippen LogP contribution is -2.41. The lowest BCUT2D eigenvalue weighted by atomic mass is 9.90. The second-order valence-electron chi connectivity index (χ2n) is 7.10.